The predicted octanol–water partition coefficient (Wildman–Crippen LogP) is 2.28. The SMILES string of the molecule is CC(=O)N[C@H]1CCN(C(=O)c2cccc(-c3cnc4nc(C)[nH]c4c3)c2)C1. The number of H-pyrrole nitrogens is 1. The molecule has 1 atom stereocenters. The summed E-state index contributed by atoms with van der Waals surface area (Å²) in [5.41, 5.74) is 4.05. The molecular weight excluding hydrogens is 342 g/mol. The van der Waals surface area contributed by atoms with E-state index in [1.165, 1.54) is 6.92 Å². The van der Waals surface area contributed by atoms with E-state index in [1.807, 2.05) is 37.3 Å². The Labute approximate surface area is 156 Å². The molecule has 2 N–H and O–H groups in total. The number of nitrogens with zero attached hydrogens (tertiary/aromatic N) is 3. The van der Waals surface area contributed by atoms with Crippen molar-refractivity contribution in [3.63, 3.8) is 0 Å². The van der Waals surface area contributed by atoms with Gasteiger partial charge in [0.2, 0.25) is 5.91 Å². The molecule has 3 heterocycles. The molecule has 1 fully saturated rings. The van der Waals surface area contributed by atoms with E-state index in [4.69, 9.17) is 0 Å². The minimum atomic E-state index is -0.0618. The van der Waals surface area contributed by atoms with Gasteiger partial charge in [-0.1, -0.05) is 12.1 Å². The number of aryl methyl sites for hydroxylation is 1. The van der Waals surface area contributed by atoms with Gasteiger partial charge in [-0.05, 0) is 37.1 Å². The van der Waals surface area contributed by atoms with Crippen molar-refractivity contribution in [2.24, 2.45) is 0 Å². The fraction of sp³-hybridized carbons (Fsp3) is 0.300. The Hall–Kier alpha value is -3.22. The summed E-state index contributed by atoms with van der Waals surface area (Å²) in [5, 5.41) is 2.88. The third-order valence-electron chi connectivity index (χ3n) is 4.78. The largest absolute Gasteiger partial charge is 0.352 e. The molecule has 4 rings (SSSR count). The summed E-state index contributed by atoms with van der Waals surface area (Å²) >= 11 is 0. The average molecular weight is 363 g/mol. The lowest BCUT2D eigenvalue weighted by atomic mass is 10.0. The number of hydrogen-bond acceptors (Lipinski definition) is 4. The molecule has 2 amide bonds. The molecule has 3 aromatic rings. The van der Waals surface area contributed by atoms with Gasteiger partial charge in [0.25, 0.3) is 5.91 Å². The molecule has 7 heteroatoms. The normalized spacial score (nSPS) is 16.7. The zero-order valence-electron chi connectivity index (χ0n) is 15.3. The van der Waals surface area contributed by atoms with Crippen LogP contribution >= 0.6 is 0 Å². The number of benzene rings is 1. The highest BCUT2D eigenvalue weighted by atomic mass is 16.2. The molecule has 27 heavy (non-hydrogen) atoms. The lowest BCUT2D eigenvalue weighted by molar-refractivity contribution is -0.119. The summed E-state index contributed by atoms with van der Waals surface area (Å²) in [6, 6.07) is 9.59. The number of aromatic nitrogens is 3. The number of pyridine rings is 1. The molecule has 0 spiro atoms. The van der Waals surface area contributed by atoms with Crippen LogP contribution in [0.15, 0.2) is 36.5 Å². The van der Waals surface area contributed by atoms with Gasteiger partial charge >= 0.3 is 0 Å². The number of imidazole rings is 1. The lowest BCUT2D eigenvalue weighted by Gasteiger charge is -2.17. The number of carbonyl (C=O) groups excluding carboxylic acids is 2. The lowest BCUT2D eigenvalue weighted by Crippen LogP contribution is -2.37. The zero-order valence-corrected chi connectivity index (χ0v) is 15.3. The second-order valence-corrected chi connectivity index (χ2v) is 6.94. The number of hydrogen-bond donors (Lipinski definition) is 2. The fourth-order valence-electron chi connectivity index (χ4n) is 3.54. The Morgan fingerprint density at radius 2 is 2.11 bits per heavy atom. The van der Waals surface area contributed by atoms with E-state index in [9.17, 15) is 9.59 Å². The minimum Gasteiger partial charge on any atom is -0.352 e. The van der Waals surface area contributed by atoms with E-state index in [2.05, 4.69) is 20.3 Å². The molecule has 1 aliphatic rings. The van der Waals surface area contributed by atoms with Gasteiger partial charge in [0.05, 0.1) is 5.52 Å². The van der Waals surface area contributed by atoms with Crippen LogP contribution in [-0.2, 0) is 4.79 Å². The van der Waals surface area contributed by atoms with Gasteiger partial charge < -0.3 is 15.2 Å². The van der Waals surface area contributed by atoms with Crippen molar-refractivity contribution in [2.75, 3.05) is 13.1 Å². The Balaban J connectivity index is 1.56. The molecule has 0 aliphatic carbocycles. The predicted molar refractivity (Wildman–Crippen MR) is 102 cm³/mol. The Morgan fingerprint density at radius 1 is 1.26 bits per heavy atom. The van der Waals surface area contributed by atoms with Gasteiger partial charge in [0.1, 0.15) is 5.82 Å². The number of nitrogens with one attached hydrogen (secondary N) is 2. The summed E-state index contributed by atoms with van der Waals surface area (Å²) in [7, 11) is 0. The first-order valence-electron chi connectivity index (χ1n) is 8.99. The van der Waals surface area contributed by atoms with Crippen LogP contribution in [0.4, 0.5) is 0 Å². The summed E-state index contributed by atoms with van der Waals surface area (Å²) in [6.45, 7) is 4.59. The molecular formula is C20H21N5O2. The molecule has 1 aliphatic heterocycles. The summed E-state index contributed by atoms with van der Waals surface area (Å²) in [6.07, 6.45) is 2.56. The minimum absolute atomic E-state index is 0.0175. The number of fused-ring (bicyclic) bond motifs is 1. The van der Waals surface area contributed by atoms with E-state index in [0.717, 1.165) is 28.9 Å². The smallest absolute Gasteiger partial charge is 0.253 e. The van der Waals surface area contributed by atoms with Crippen LogP contribution in [-0.4, -0.2) is 50.8 Å². The van der Waals surface area contributed by atoms with Gasteiger partial charge in [-0.25, -0.2) is 9.97 Å². The van der Waals surface area contributed by atoms with E-state index >= 15 is 0 Å². The highest BCUT2D eigenvalue weighted by molar-refractivity contribution is 5.96. The third kappa shape index (κ3) is 3.53. The Morgan fingerprint density at radius 3 is 2.93 bits per heavy atom. The molecule has 1 saturated heterocycles. The first kappa shape index (κ1) is 17.2. The number of carbonyl (C=O) groups is 2. The van der Waals surface area contributed by atoms with Crippen molar-refractivity contribution >= 4 is 23.0 Å². The van der Waals surface area contributed by atoms with Gasteiger partial charge in [-0.2, -0.15) is 0 Å². The summed E-state index contributed by atoms with van der Waals surface area (Å²) in [4.78, 5) is 37.8. The second kappa shape index (κ2) is 6.83. The number of aromatic amines is 1. The van der Waals surface area contributed by atoms with Gasteiger partial charge in [-0.3, -0.25) is 9.59 Å². The van der Waals surface area contributed by atoms with Gasteiger partial charge in [-0.15, -0.1) is 0 Å². The van der Waals surface area contributed by atoms with E-state index in [0.29, 0.717) is 24.3 Å². The third-order valence-corrected chi connectivity index (χ3v) is 4.78. The number of rotatable bonds is 3. The molecule has 0 bridgehead atoms. The molecule has 2 aromatic heterocycles. The van der Waals surface area contributed by atoms with Gasteiger partial charge in [0, 0.05) is 43.4 Å². The van der Waals surface area contributed by atoms with Crippen LogP contribution in [0.2, 0.25) is 0 Å². The van der Waals surface area contributed by atoms with Crippen molar-refractivity contribution in [1.82, 2.24) is 25.2 Å². The molecule has 1 aromatic carbocycles. The number of likely N-dealkylation sites (tertiary alicyclic amines) is 1. The molecule has 0 unspecified atom stereocenters. The highest BCUT2D eigenvalue weighted by Crippen LogP contribution is 2.24. The molecule has 0 radical (unpaired) electrons. The van der Waals surface area contributed by atoms with Crippen LogP contribution in [0.5, 0.6) is 0 Å². The van der Waals surface area contributed by atoms with Crippen molar-refractivity contribution in [3.05, 3.63) is 47.9 Å². The quantitative estimate of drug-likeness (QED) is 0.747. The van der Waals surface area contributed by atoms with E-state index < -0.39 is 0 Å². The monoisotopic (exact) mass is 363 g/mol. The summed E-state index contributed by atoms with van der Waals surface area (Å²) in [5.74, 6) is 0.741. The molecule has 138 valence electrons. The van der Waals surface area contributed by atoms with Crippen LogP contribution in [0, 0.1) is 6.92 Å². The maximum Gasteiger partial charge on any atom is 0.253 e. The summed E-state index contributed by atoms with van der Waals surface area (Å²) < 4.78 is 0. The van der Waals surface area contributed by atoms with E-state index in [-0.39, 0.29) is 17.9 Å². The van der Waals surface area contributed by atoms with Crippen LogP contribution in [0.3, 0.4) is 0 Å². The van der Waals surface area contributed by atoms with E-state index in [1.54, 1.807) is 11.1 Å². The van der Waals surface area contributed by atoms with Crippen LogP contribution in [0.25, 0.3) is 22.3 Å². The highest BCUT2D eigenvalue weighted by Gasteiger charge is 2.27. The maximum atomic E-state index is 12.9. The second-order valence-electron chi connectivity index (χ2n) is 6.94. The maximum absolute atomic E-state index is 12.9. The van der Waals surface area contributed by atoms with Crippen molar-refractivity contribution in [2.45, 2.75) is 26.3 Å². The molecule has 7 nitrogen and oxygen atoms in total. The first-order valence-corrected chi connectivity index (χ1v) is 8.99. The van der Waals surface area contributed by atoms with Crippen LogP contribution in [0.1, 0.15) is 29.5 Å². The van der Waals surface area contributed by atoms with Crippen molar-refractivity contribution < 1.29 is 9.59 Å². The van der Waals surface area contributed by atoms with Crippen molar-refractivity contribution in [1.29, 1.82) is 0 Å². The first-order chi connectivity index (χ1) is 13.0. The Bertz CT molecular complexity index is 1030. The molecule has 0 saturated carbocycles. The van der Waals surface area contributed by atoms with Crippen molar-refractivity contribution in [3.8, 4) is 11.1 Å². The topological polar surface area (TPSA) is 91.0 Å². The Kier molecular flexibility index (Phi) is 4.35. The van der Waals surface area contributed by atoms with Crippen LogP contribution < -0.4 is 5.32 Å². The number of amides is 2. The standard InChI is InChI=1S/C20H21N5O2/c1-12-22-18-9-16(10-21-19(18)23-12)14-4-3-5-15(8-14)20(27)25-7-6-17(11-25)24-13(2)26/h3-5,8-10,17H,6-7,11H2,1-2H3,(H,24,26)(H,21,22,23)/t17-/m0/s1. The fourth-order valence-corrected chi connectivity index (χ4v) is 3.54. The average Bonchev–Trinajstić information content (AvgIpc) is 3.25. The van der Waals surface area contributed by atoms with Gasteiger partial charge in [0.15, 0.2) is 5.65 Å². The zero-order chi connectivity index (χ0) is 19.0.